The maximum atomic E-state index is 11.9. The molecule has 0 bridgehead atoms. The van der Waals surface area contributed by atoms with Gasteiger partial charge in [0, 0.05) is 0 Å². The predicted molar refractivity (Wildman–Crippen MR) is 74.4 cm³/mol. The number of hydrazine groups is 1. The average Bonchev–Trinajstić information content (AvgIpc) is 2.70. The zero-order valence-electron chi connectivity index (χ0n) is 12.1. The largest absolute Gasteiger partial charge is 0.459 e. The first kappa shape index (κ1) is 14.5. The lowest BCUT2D eigenvalue weighted by molar-refractivity contribution is -0.157. The van der Waals surface area contributed by atoms with Crippen LogP contribution >= 0.6 is 0 Å². The van der Waals surface area contributed by atoms with Crippen LogP contribution in [-0.2, 0) is 20.9 Å². The van der Waals surface area contributed by atoms with Gasteiger partial charge in [0.1, 0.15) is 11.6 Å². The first-order valence-electron chi connectivity index (χ1n) is 6.68. The molecule has 1 amide bonds. The molecule has 1 aromatic carbocycles. The van der Waals surface area contributed by atoms with E-state index in [1.165, 1.54) is 5.01 Å². The van der Waals surface area contributed by atoms with Crippen LogP contribution in [0.5, 0.6) is 0 Å². The lowest BCUT2D eigenvalue weighted by Crippen LogP contribution is -2.42. The maximum Gasteiger partial charge on any atom is 0.326 e. The van der Waals surface area contributed by atoms with Crippen molar-refractivity contribution in [2.24, 2.45) is 0 Å². The van der Waals surface area contributed by atoms with Crippen LogP contribution in [-0.4, -0.2) is 28.5 Å². The van der Waals surface area contributed by atoms with E-state index in [0.717, 1.165) is 5.56 Å². The predicted octanol–water partition coefficient (Wildman–Crippen LogP) is 1.63. The van der Waals surface area contributed by atoms with Gasteiger partial charge in [-0.25, -0.2) is 5.43 Å². The second-order valence-corrected chi connectivity index (χ2v) is 5.88. The van der Waals surface area contributed by atoms with Crippen LogP contribution in [0.25, 0.3) is 0 Å². The molecule has 1 N–H and O–H groups in total. The van der Waals surface area contributed by atoms with Crippen LogP contribution in [0.2, 0.25) is 0 Å². The van der Waals surface area contributed by atoms with Crippen molar-refractivity contribution >= 4 is 11.9 Å². The van der Waals surface area contributed by atoms with Gasteiger partial charge >= 0.3 is 5.97 Å². The Labute approximate surface area is 118 Å². The van der Waals surface area contributed by atoms with Gasteiger partial charge in [0.05, 0.1) is 13.0 Å². The summed E-state index contributed by atoms with van der Waals surface area (Å²) in [6.07, 6.45) is 0.141. The topological polar surface area (TPSA) is 58.6 Å². The lowest BCUT2D eigenvalue weighted by atomic mass is 10.2. The zero-order chi connectivity index (χ0) is 14.8. The van der Waals surface area contributed by atoms with Crippen LogP contribution in [0, 0.1) is 0 Å². The van der Waals surface area contributed by atoms with Crippen molar-refractivity contribution in [3.05, 3.63) is 35.9 Å². The first-order chi connectivity index (χ1) is 9.35. The molecule has 5 nitrogen and oxygen atoms in total. The van der Waals surface area contributed by atoms with Crippen molar-refractivity contribution in [3.8, 4) is 0 Å². The molecule has 0 radical (unpaired) electrons. The Balaban J connectivity index is 1.95. The molecular weight excluding hydrogens is 256 g/mol. The van der Waals surface area contributed by atoms with Crippen molar-refractivity contribution in [2.75, 3.05) is 0 Å². The van der Waals surface area contributed by atoms with Gasteiger partial charge in [-0.1, -0.05) is 30.3 Å². The normalized spacial score (nSPS) is 19.2. The Kier molecular flexibility index (Phi) is 4.09. The fourth-order valence-electron chi connectivity index (χ4n) is 2.00. The van der Waals surface area contributed by atoms with Crippen molar-refractivity contribution in [3.63, 3.8) is 0 Å². The Morgan fingerprint density at radius 2 is 2.00 bits per heavy atom. The summed E-state index contributed by atoms with van der Waals surface area (Å²) in [7, 11) is 0. The van der Waals surface area contributed by atoms with E-state index in [1.54, 1.807) is 0 Å². The van der Waals surface area contributed by atoms with Gasteiger partial charge in [-0.15, -0.1) is 0 Å². The fraction of sp³-hybridized carbons (Fsp3) is 0.467. The number of hydrogen-bond donors (Lipinski definition) is 1. The fourth-order valence-corrected chi connectivity index (χ4v) is 2.00. The van der Waals surface area contributed by atoms with Crippen LogP contribution in [0.3, 0.4) is 0 Å². The van der Waals surface area contributed by atoms with Crippen molar-refractivity contribution in [1.82, 2.24) is 10.4 Å². The van der Waals surface area contributed by atoms with Crippen molar-refractivity contribution in [2.45, 2.75) is 45.4 Å². The Bertz CT molecular complexity index is 494. The van der Waals surface area contributed by atoms with Crippen LogP contribution in [0.4, 0.5) is 0 Å². The van der Waals surface area contributed by atoms with E-state index in [1.807, 2.05) is 51.1 Å². The van der Waals surface area contributed by atoms with Gasteiger partial charge in [0.25, 0.3) is 0 Å². The highest BCUT2D eigenvalue weighted by Crippen LogP contribution is 2.16. The van der Waals surface area contributed by atoms with Crippen LogP contribution in [0.1, 0.15) is 32.8 Å². The summed E-state index contributed by atoms with van der Waals surface area (Å²) in [4.78, 5) is 23.9. The summed E-state index contributed by atoms with van der Waals surface area (Å²) in [6, 6.07) is 9.05. The molecule has 0 aromatic heterocycles. The van der Waals surface area contributed by atoms with E-state index in [0.29, 0.717) is 6.54 Å². The average molecular weight is 276 g/mol. The minimum Gasteiger partial charge on any atom is -0.459 e. The van der Waals surface area contributed by atoms with Gasteiger partial charge in [-0.05, 0) is 26.3 Å². The summed E-state index contributed by atoms with van der Waals surface area (Å²) >= 11 is 0. The highest BCUT2D eigenvalue weighted by molar-refractivity contribution is 5.88. The molecule has 1 saturated heterocycles. The van der Waals surface area contributed by atoms with E-state index in [9.17, 15) is 9.59 Å². The number of esters is 1. The highest BCUT2D eigenvalue weighted by atomic mass is 16.6. The molecule has 20 heavy (non-hydrogen) atoms. The number of carbonyl (C=O) groups excluding carboxylic acids is 2. The summed E-state index contributed by atoms with van der Waals surface area (Å²) in [5, 5.41) is 1.48. The third-order valence-electron chi connectivity index (χ3n) is 2.87. The minimum absolute atomic E-state index is 0.0929. The van der Waals surface area contributed by atoms with Crippen molar-refractivity contribution < 1.29 is 14.3 Å². The molecule has 1 unspecified atom stereocenters. The summed E-state index contributed by atoms with van der Waals surface area (Å²) in [5.41, 5.74) is 3.39. The number of carbonyl (C=O) groups is 2. The molecular formula is C15H20N2O3. The third kappa shape index (κ3) is 3.81. The number of nitrogens with zero attached hydrogens (tertiary/aromatic N) is 1. The Morgan fingerprint density at radius 3 is 2.60 bits per heavy atom. The van der Waals surface area contributed by atoms with E-state index in [2.05, 4.69) is 5.43 Å². The van der Waals surface area contributed by atoms with E-state index >= 15 is 0 Å². The second kappa shape index (κ2) is 5.63. The quantitative estimate of drug-likeness (QED) is 0.853. The second-order valence-electron chi connectivity index (χ2n) is 5.88. The molecule has 1 aromatic rings. The van der Waals surface area contributed by atoms with E-state index < -0.39 is 11.6 Å². The molecule has 1 heterocycles. The molecule has 0 saturated carbocycles. The molecule has 1 aliphatic heterocycles. The van der Waals surface area contributed by atoms with Gasteiger partial charge in [-0.2, -0.15) is 0 Å². The van der Waals surface area contributed by atoms with Crippen molar-refractivity contribution in [1.29, 1.82) is 0 Å². The van der Waals surface area contributed by atoms with Gasteiger partial charge in [0.15, 0.2) is 0 Å². The van der Waals surface area contributed by atoms with Gasteiger partial charge < -0.3 is 4.74 Å². The standard InChI is InChI=1S/C15H20N2O3/c1-15(2,3)20-14(19)12-9-13(18)17(16-12)10-11-7-5-4-6-8-11/h4-8,12,16H,9-10H2,1-3H3. The SMILES string of the molecule is CC(C)(C)OC(=O)C1CC(=O)N(Cc2ccccc2)N1. The molecule has 0 aliphatic carbocycles. The molecule has 1 fully saturated rings. The van der Waals surface area contributed by atoms with Gasteiger partial charge in [0.2, 0.25) is 5.91 Å². The molecule has 1 atom stereocenters. The maximum absolute atomic E-state index is 11.9. The van der Waals surface area contributed by atoms with Gasteiger partial charge in [-0.3, -0.25) is 14.6 Å². The molecule has 5 heteroatoms. The third-order valence-corrected chi connectivity index (χ3v) is 2.87. The number of amides is 1. The molecule has 2 rings (SSSR count). The number of benzene rings is 1. The zero-order valence-corrected chi connectivity index (χ0v) is 12.1. The molecule has 108 valence electrons. The minimum atomic E-state index is -0.592. The summed E-state index contributed by atoms with van der Waals surface area (Å²) in [5.74, 6) is -0.480. The number of rotatable bonds is 3. The van der Waals surface area contributed by atoms with E-state index in [-0.39, 0.29) is 18.3 Å². The number of hydrogen-bond acceptors (Lipinski definition) is 4. The number of nitrogens with one attached hydrogen (secondary N) is 1. The number of ether oxygens (including phenoxy) is 1. The molecule has 1 aliphatic rings. The van der Waals surface area contributed by atoms with E-state index in [4.69, 9.17) is 4.74 Å². The highest BCUT2D eigenvalue weighted by Gasteiger charge is 2.36. The summed E-state index contributed by atoms with van der Waals surface area (Å²) in [6.45, 7) is 5.87. The van der Waals surface area contributed by atoms with Crippen LogP contribution < -0.4 is 5.43 Å². The first-order valence-corrected chi connectivity index (χ1v) is 6.68. The monoisotopic (exact) mass is 276 g/mol. The van der Waals surface area contributed by atoms with Crippen LogP contribution in [0.15, 0.2) is 30.3 Å². The summed E-state index contributed by atoms with van der Waals surface area (Å²) < 4.78 is 5.29. The Morgan fingerprint density at radius 1 is 1.35 bits per heavy atom. The Hall–Kier alpha value is -1.88. The molecule has 0 spiro atoms. The lowest BCUT2D eigenvalue weighted by Gasteiger charge is -2.22. The smallest absolute Gasteiger partial charge is 0.326 e.